The maximum atomic E-state index is 6.37. The van der Waals surface area contributed by atoms with Crippen LogP contribution < -0.4 is 14.8 Å². The van der Waals surface area contributed by atoms with Gasteiger partial charge in [-0.3, -0.25) is 0 Å². The van der Waals surface area contributed by atoms with Crippen LogP contribution in [-0.2, 0) is 6.54 Å². The average molecular weight is 343 g/mol. The number of rotatable bonds is 11. The van der Waals surface area contributed by atoms with Crippen molar-refractivity contribution in [3.05, 3.63) is 22.7 Å². The first kappa shape index (κ1) is 20.1. The van der Waals surface area contributed by atoms with E-state index in [1.807, 2.05) is 26.0 Å². The number of ether oxygens (including phenoxy) is 2. The molecule has 0 aliphatic carbocycles. The highest BCUT2D eigenvalue weighted by molar-refractivity contribution is 6.31. The minimum Gasteiger partial charge on any atom is -0.493 e. The predicted molar refractivity (Wildman–Crippen MR) is 97.9 cm³/mol. The number of methoxy groups -OCH3 is 1. The molecule has 0 bridgehead atoms. The largest absolute Gasteiger partial charge is 0.493 e. The fraction of sp³-hybridized carbons (Fsp3) is 0.667. The number of hydrogen-bond acceptors (Lipinski definition) is 4. The van der Waals surface area contributed by atoms with Crippen molar-refractivity contribution < 1.29 is 9.47 Å². The van der Waals surface area contributed by atoms with E-state index in [-0.39, 0.29) is 6.10 Å². The molecule has 0 aliphatic rings. The lowest BCUT2D eigenvalue weighted by atomic mass is 10.2. The lowest BCUT2D eigenvalue weighted by Gasteiger charge is -2.18. The molecule has 1 aromatic rings. The lowest BCUT2D eigenvalue weighted by Crippen LogP contribution is -2.27. The molecule has 0 aliphatic heterocycles. The van der Waals surface area contributed by atoms with Crippen LogP contribution in [0.2, 0.25) is 5.02 Å². The summed E-state index contributed by atoms with van der Waals surface area (Å²) in [4.78, 5) is 2.43. The molecule has 0 spiro atoms. The van der Waals surface area contributed by atoms with Crippen molar-refractivity contribution in [1.29, 1.82) is 0 Å². The van der Waals surface area contributed by atoms with Crippen LogP contribution in [0.25, 0.3) is 0 Å². The Bertz CT molecular complexity index is 463. The first-order valence-electron chi connectivity index (χ1n) is 8.47. The van der Waals surface area contributed by atoms with Gasteiger partial charge in [0, 0.05) is 17.6 Å². The molecule has 0 heterocycles. The summed E-state index contributed by atoms with van der Waals surface area (Å²) in [5.41, 5.74) is 1.03. The maximum Gasteiger partial charge on any atom is 0.163 e. The second-order valence-electron chi connectivity index (χ2n) is 5.82. The number of nitrogens with one attached hydrogen (secondary N) is 1. The van der Waals surface area contributed by atoms with Gasteiger partial charge in [-0.1, -0.05) is 25.4 Å². The molecule has 0 fully saturated rings. The monoisotopic (exact) mass is 342 g/mol. The average Bonchev–Trinajstić information content (AvgIpc) is 2.52. The van der Waals surface area contributed by atoms with Crippen molar-refractivity contribution in [1.82, 2.24) is 10.2 Å². The third kappa shape index (κ3) is 6.98. The molecular formula is C18H31ClN2O2. The highest BCUT2D eigenvalue weighted by Gasteiger charge is 2.11. The Kier molecular flexibility index (Phi) is 9.37. The van der Waals surface area contributed by atoms with Crippen molar-refractivity contribution in [3.63, 3.8) is 0 Å². The second-order valence-corrected chi connectivity index (χ2v) is 6.23. The molecule has 0 amide bonds. The summed E-state index contributed by atoms with van der Waals surface area (Å²) in [6.07, 6.45) is 1.22. The van der Waals surface area contributed by atoms with Crippen LogP contribution in [-0.4, -0.2) is 44.3 Å². The quantitative estimate of drug-likeness (QED) is 0.617. The van der Waals surface area contributed by atoms with Crippen molar-refractivity contribution in [3.8, 4) is 11.5 Å². The van der Waals surface area contributed by atoms with Crippen LogP contribution in [0.4, 0.5) is 0 Å². The summed E-state index contributed by atoms with van der Waals surface area (Å²) in [6.45, 7) is 13.4. The molecule has 5 heteroatoms. The van der Waals surface area contributed by atoms with Gasteiger partial charge in [0.1, 0.15) is 0 Å². The van der Waals surface area contributed by atoms with Crippen LogP contribution in [0, 0.1) is 0 Å². The lowest BCUT2D eigenvalue weighted by molar-refractivity contribution is 0.230. The van der Waals surface area contributed by atoms with Gasteiger partial charge in [0.15, 0.2) is 11.5 Å². The van der Waals surface area contributed by atoms with E-state index < -0.39 is 0 Å². The molecule has 4 nitrogen and oxygen atoms in total. The number of benzene rings is 1. The van der Waals surface area contributed by atoms with Crippen LogP contribution in [0.3, 0.4) is 0 Å². The Morgan fingerprint density at radius 2 is 1.87 bits per heavy atom. The van der Waals surface area contributed by atoms with Gasteiger partial charge in [0.25, 0.3) is 0 Å². The standard InChI is InChI=1S/C18H31ClN2O2/c1-6-21(7-2)10-8-9-20-13-15-11-17(22-5)18(12-16(15)19)23-14(3)4/h11-12,14,20H,6-10,13H2,1-5H3. The maximum absolute atomic E-state index is 6.37. The Morgan fingerprint density at radius 1 is 1.17 bits per heavy atom. The zero-order valence-electron chi connectivity index (χ0n) is 15.1. The molecular weight excluding hydrogens is 312 g/mol. The van der Waals surface area contributed by atoms with E-state index in [2.05, 4.69) is 24.1 Å². The Balaban J connectivity index is 2.53. The molecule has 1 rings (SSSR count). The van der Waals surface area contributed by atoms with E-state index in [1.54, 1.807) is 7.11 Å². The molecule has 0 atom stereocenters. The topological polar surface area (TPSA) is 33.7 Å². The van der Waals surface area contributed by atoms with Gasteiger partial charge in [-0.25, -0.2) is 0 Å². The van der Waals surface area contributed by atoms with E-state index in [0.717, 1.165) is 50.5 Å². The van der Waals surface area contributed by atoms with E-state index >= 15 is 0 Å². The Hall–Kier alpha value is -0.970. The van der Waals surface area contributed by atoms with Gasteiger partial charge >= 0.3 is 0 Å². The number of nitrogens with zero attached hydrogens (tertiary/aromatic N) is 1. The predicted octanol–water partition coefficient (Wildman–Crippen LogP) is 3.96. The first-order chi connectivity index (χ1) is 11.0. The number of hydrogen-bond donors (Lipinski definition) is 1. The van der Waals surface area contributed by atoms with Gasteiger partial charge in [0.05, 0.1) is 13.2 Å². The summed E-state index contributed by atoms with van der Waals surface area (Å²) in [7, 11) is 1.65. The molecule has 0 saturated carbocycles. The third-order valence-corrected chi connectivity index (χ3v) is 4.08. The van der Waals surface area contributed by atoms with Crippen LogP contribution in [0.5, 0.6) is 11.5 Å². The van der Waals surface area contributed by atoms with Crippen molar-refractivity contribution >= 4 is 11.6 Å². The van der Waals surface area contributed by atoms with Crippen LogP contribution in [0.15, 0.2) is 12.1 Å². The molecule has 0 unspecified atom stereocenters. The second kappa shape index (κ2) is 10.7. The molecule has 0 radical (unpaired) electrons. The minimum absolute atomic E-state index is 0.0871. The van der Waals surface area contributed by atoms with E-state index in [4.69, 9.17) is 21.1 Å². The van der Waals surface area contributed by atoms with Gasteiger partial charge in [-0.15, -0.1) is 0 Å². The van der Waals surface area contributed by atoms with Crippen molar-refractivity contribution in [2.75, 3.05) is 33.3 Å². The molecule has 0 aromatic heterocycles. The number of halogens is 1. The molecule has 1 aromatic carbocycles. The van der Waals surface area contributed by atoms with E-state index in [0.29, 0.717) is 10.8 Å². The van der Waals surface area contributed by atoms with Crippen molar-refractivity contribution in [2.45, 2.75) is 46.8 Å². The van der Waals surface area contributed by atoms with Crippen LogP contribution >= 0.6 is 11.6 Å². The van der Waals surface area contributed by atoms with E-state index in [1.165, 1.54) is 0 Å². The fourth-order valence-corrected chi connectivity index (χ4v) is 2.63. The third-order valence-electron chi connectivity index (χ3n) is 3.73. The minimum atomic E-state index is 0.0871. The first-order valence-corrected chi connectivity index (χ1v) is 8.85. The molecule has 23 heavy (non-hydrogen) atoms. The highest BCUT2D eigenvalue weighted by Crippen LogP contribution is 2.34. The molecule has 1 N–H and O–H groups in total. The van der Waals surface area contributed by atoms with E-state index in [9.17, 15) is 0 Å². The van der Waals surface area contributed by atoms with Gasteiger partial charge in [-0.05, 0) is 58.1 Å². The van der Waals surface area contributed by atoms with Gasteiger partial charge in [-0.2, -0.15) is 0 Å². The normalized spacial score (nSPS) is 11.3. The smallest absolute Gasteiger partial charge is 0.163 e. The Morgan fingerprint density at radius 3 is 2.43 bits per heavy atom. The SMILES string of the molecule is CCN(CC)CCCNCc1cc(OC)c(OC(C)C)cc1Cl. The summed E-state index contributed by atoms with van der Waals surface area (Å²) < 4.78 is 11.1. The molecule has 132 valence electrons. The zero-order chi connectivity index (χ0) is 17.2. The van der Waals surface area contributed by atoms with Crippen LogP contribution in [0.1, 0.15) is 39.7 Å². The highest BCUT2D eigenvalue weighted by atomic mass is 35.5. The summed E-state index contributed by atoms with van der Waals surface area (Å²) in [6, 6.07) is 3.80. The summed E-state index contributed by atoms with van der Waals surface area (Å²) in [5.74, 6) is 1.42. The fourth-order valence-electron chi connectivity index (χ4n) is 2.41. The zero-order valence-corrected chi connectivity index (χ0v) is 15.9. The summed E-state index contributed by atoms with van der Waals surface area (Å²) >= 11 is 6.37. The van der Waals surface area contributed by atoms with Gasteiger partial charge < -0.3 is 19.7 Å². The van der Waals surface area contributed by atoms with Gasteiger partial charge in [0.2, 0.25) is 0 Å². The Labute approximate surface area is 146 Å². The summed E-state index contributed by atoms with van der Waals surface area (Å²) in [5, 5.41) is 4.16. The van der Waals surface area contributed by atoms with Crippen molar-refractivity contribution in [2.24, 2.45) is 0 Å². The molecule has 0 saturated heterocycles.